The Balaban J connectivity index is 2.98. The molecule has 88 valence electrons. The zero-order valence-electron chi connectivity index (χ0n) is 8.52. The van der Waals surface area contributed by atoms with Gasteiger partial charge >= 0.3 is 0 Å². The van der Waals surface area contributed by atoms with Crippen molar-refractivity contribution in [3.8, 4) is 6.07 Å². The number of hydrogen-bond acceptors (Lipinski definition) is 5. The number of nitrogens with zero attached hydrogens (tertiary/aromatic N) is 5. The van der Waals surface area contributed by atoms with Crippen molar-refractivity contribution in [3.05, 3.63) is 39.0 Å². The average molecular weight is 254 g/mol. The largest absolute Gasteiger partial charge is 0.390 e. The molecule has 1 heterocycles. The van der Waals surface area contributed by atoms with Crippen LogP contribution < -0.4 is 0 Å². The van der Waals surface area contributed by atoms with Crippen LogP contribution in [0.2, 0.25) is 5.15 Å². The van der Waals surface area contributed by atoms with Crippen LogP contribution in [0, 0.1) is 11.3 Å². The van der Waals surface area contributed by atoms with Crippen LogP contribution in [0.5, 0.6) is 0 Å². The van der Waals surface area contributed by atoms with Gasteiger partial charge in [0.25, 0.3) is 0 Å². The summed E-state index contributed by atoms with van der Waals surface area (Å²) in [5, 5.41) is 31.0. The quantitative estimate of drug-likeness (QED) is 0.363. The van der Waals surface area contributed by atoms with E-state index in [0.717, 1.165) is 0 Å². The minimum absolute atomic E-state index is 0.0171. The number of halogens is 1. The minimum atomic E-state index is -1.37. The lowest BCUT2D eigenvalue weighted by atomic mass is 10.1. The second-order valence-corrected chi connectivity index (χ2v) is 3.50. The van der Waals surface area contributed by atoms with E-state index in [0.29, 0.717) is 0 Å². The lowest BCUT2D eigenvalue weighted by Gasteiger charge is -2.16. The van der Waals surface area contributed by atoms with Crippen LogP contribution in [0.1, 0.15) is 17.2 Å². The number of aliphatic hydroxyl groups is 2. The zero-order valence-corrected chi connectivity index (χ0v) is 9.28. The fourth-order valence-corrected chi connectivity index (χ4v) is 1.38. The number of aliphatic hydroxyl groups excluding tert-OH is 2. The maximum atomic E-state index is 9.75. The molecule has 1 rings (SSSR count). The van der Waals surface area contributed by atoms with Gasteiger partial charge in [0.1, 0.15) is 17.3 Å². The summed E-state index contributed by atoms with van der Waals surface area (Å²) in [6, 6.07) is 3.15. The molecular formula is C9H8ClN5O2. The average Bonchev–Trinajstić information content (AvgIpc) is 2.35. The van der Waals surface area contributed by atoms with Gasteiger partial charge < -0.3 is 10.2 Å². The van der Waals surface area contributed by atoms with E-state index in [-0.39, 0.29) is 22.8 Å². The number of aromatic nitrogens is 1. The number of azide groups is 1. The Kier molecular flexibility index (Phi) is 4.69. The number of rotatable bonds is 4. The highest BCUT2D eigenvalue weighted by Gasteiger charge is 2.21. The Labute approximate surface area is 102 Å². The van der Waals surface area contributed by atoms with Gasteiger partial charge in [0.05, 0.1) is 18.2 Å². The summed E-state index contributed by atoms with van der Waals surface area (Å²) >= 11 is 5.73. The van der Waals surface area contributed by atoms with Crippen LogP contribution in [-0.4, -0.2) is 27.8 Å². The van der Waals surface area contributed by atoms with E-state index in [2.05, 4.69) is 15.0 Å². The zero-order chi connectivity index (χ0) is 12.8. The van der Waals surface area contributed by atoms with Crippen molar-refractivity contribution in [2.45, 2.75) is 12.2 Å². The molecule has 0 fully saturated rings. The molecule has 17 heavy (non-hydrogen) atoms. The number of nitriles is 1. The summed E-state index contributed by atoms with van der Waals surface area (Å²) in [6.07, 6.45) is -1.42. The van der Waals surface area contributed by atoms with Crippen molar-refractivity contribution in [1.29, 1.82) is 5.26 Å². The van der Waals surface area contributed by atoms with Gasteiger partial charge in [-0.15, -0.1) is 0 Å². The molecule has 8 heteroatoms. The van der Waals surface area contributed by atoms with Crippen molar-refractivity contribution in [3.63, 3.8) is 0 Å². The van der Waals surface area contributed by atoms with Crippen LogP contribution >= 0.6 is 11.6 Å². The molecule has 0 aliphatic carbocycles. The monoisotopic (exact) mass is 253 g/mol. The molecule has 0 aromatic carbocycles. The summed E-state index contributed by atoms with van der Waals surface area (Å²) in [5.41, 5.74) is 8.41. The van der Waals surface area contributed by atoms with E-state index in [4.69, 9.17) is 22.4 Å². The number of pyridine rings is 1. The summed E-state index contributed by atoms with van der Waals surface area (Å²) in [5.74, 6) is 0. The summed E-state index contributed by atoms with van der Waals surface area (Å²) in [7, 11) is 0. The number of hydrogen-bond donors (Lipinski definition) is 2. The van der Waals surface area contributed by atoms with Gasteiger partial charge in [0, 0.05) is 16.7 Å². The maximum Gasteiger partial charge on any atom is 0.134 e. The van der Waals surface area contributed by atoms with Crippen molar-refractivity contribution >= 4 is 11.6 Å². The Morgan fingerprint density at radius 1 is 1.65 bits per heavy atom. The predicted molar refractivity (Wildman–Crippen MR) is 58.9 cm³/mol. The second-order valence-electron chi connectivity index (χ2n) is 3.14. The topological polar surface area (TPSA) is 126 Å². The highest BCUT2D eigenvalue weighted by Crippen LogP contribution is 2.24. The van der Waals surface area contributed by atoms with E-state index in [1.165, 1.54) is 12.3 Å². The van der Waals surface area contributed by atoms with Gasteiger partial charge in [0.2, 0.25) is 0 Å². The minimum Gasteiger partial charge on any atom is -0.390 e. The van der Waals surface area contributed by atoms with E-state index in [1.807, 2.05) is 6.07 Å². The van der Waals surface area contributed by atoms with Gasteiger partial charge in [-0.3, -0.25) is 0 Å². The molecule has 0 saturated heterocycles. The van der Waals surface area contributed by atoms with Gasteiger partial charge in [-0.05, 0) is 11.6 Å². The van der Waals surface area contributed by atoms with Crippen molar-refractivity contribution in [1.82, 2.24) is 4.98 Å². The fraction of sp³-hybridized carbons (Fsp3) is 0.333. The predicted octanol–water partition coefficient (Wildman–Crippen LogP) is 1.31. The Bertz CT molecular complexity index is 495. The third-order valence-corrected chi connectivity index (χ3v) is 2.33. The third-order valence-electron chi connectivity index (χ3n) is 2.01. The highest BCUT2D eigenvalue weighted by molar-refractivity contribution is 6.30. The van der Waals surface area contributed by atoms with Gasteiger partial charge in [-0.2, -0.15) is 5.26 Å². The smallest absolute Gasteiger partial charge is 0.134 e. The van der Waals surface area contributed by atoms with Crippen LogP contribution in [0.15, 0.2) is 17.4 Å². The molecule has 2 atom stereocenters. The second kappa shape index (κ2) is 6.03. The molecule has 1 aromatic rings. The molecule has 0 amide bonds. The first-order chi connectivity index (χ1) is 8.10. The summed E-state index contributed by atoms with van der Waals surface area (Å²) < 4.78 is 0. The standard InChI is InChI=1S/C9H8ClN5O2/c10-9-6(1-5(2-11)3-13-9)8(17)7(16)4-14-15-12/h1,3,7-8,16-17H,4H2. The SMILES string of the molecule is N#Cc1cnc(Cl)c(C(O)C(O)CN=[N+]=[N-])c1. The summed E-state index contributed by atoms with van der Waals surface area (Å²) in [4.78, 5) is 6.16. The molecule has 7 nitrogen and oxygen atoms in total. The third kappa shape index (κ3) is 3.31. The van der Waals surface area contributed by atoms with Gasteiger partial charge in [-0.25, -0.2) is 4.98 Å². The van der Waals surface area contributed by atoms with E-state index >= 15 is 0 Å². The Morgan fingerprint density at radius 3 is 2.94 bits per heavy atom. The van der Waals surface area contributed by atoms with Crippen molar-refractivity contribution in [2.24, 2.45) is 5.11 Å². The van der Waals surface area contributed by atoms with Crippen molar-refractivity contribution in [2.75, 3.05) is 6.54 Å². The van der Waals surface area contributed by atoms with E-state index < -0.39 is 12.2 Å². The molecule has 0 radical (unpaired) electrons. The lowest BCUT2D eigenvalue weighted by molar-refractivity contribution is 0.0242. The van der Waals surface area contributed by atoms with Crippen LogP contribution in [0.4, 0.5) is 0 Å². The van der Waals surface area contributed by atoms with Crippen LogP contribution in [0.3, 0.4) is 0 Å². The maximum absolute atomic E-state index is 9.75. The van der Waals surface area contributed by atoms with Crippen LogP contribution in [0.25, 0.3) is 10.4 Å². The lowest BCUT2D eigenvalue weighted by Crippen LogP contribution is -2.21. The van der Waals surface area contributed by atoms with E-state index in [1.54, 1.807) is 0 Å². The molecule has 0 aliphatic heterocycles. The fourth-order valence-electron chi connectivity index (χ4n) is 1.16. The van der Waals surface area contributed by atoms with E-state index in [9.17, 15) is 10.2 Å². The highest BCUT2D eigenvalue weighted by atomic mass is 35.5. The first-order valence-electron chi connectivity index (χ1n) is 4.52. The van der Waals surface area contributed by atoms with Gasteiger partial charge in [0.15, 0.2) is 0 Å². The van der Waals surface area contributed by atoms with Crippen LogP contribution in [-0.2, 0) is 0 Å². The summed E-state index contributed by atoms with van der Waals surface area (Å²) in [6.45, 7) is -0.301. The Morgan fingerprint density at radius 2 is 2.35 bits per heavy atom. The molecule has 0 saturated carbocycles. The molecule has 2 unspecified atom stereocenters. The molecular weight excluding hydrogens is 246 g/mol. The first-order valence-corrected chi connectivity index (χ1v) is 4.90. The normalized spacial score (nSPS) is 13.3. The first kappa shape index (κ1) is 13.2. The molecule has 0 spiro atoms. The Hall–Kier alpha value is -1.84. The molecule has 0 bridgehead atoms. The van der Waals surface area contributed by atoms with Crippen molar-refractivity contribution < 1.29 is 10.2 Å². The molecule has 0 aliphatic rings. The van der Waals surface area contributed by atoms with Gasteiger partial charge in [-0.1, -0.05) is 16.7 Å². The molecule has 2 N–H and O–H groups in total. The molecule has 1 aromatic heterocycles.